The van der Waals surface area contributed by atoms with Crippen molar-refractivity contribution in [2.24, 2.45) is 17.8 Å². The van der Waals surface area contributed by atoms with E-state index in [2.05, 4.69) is 5.32 Å². The molecule has 0 radical (unpaired) electrons. The molecule has 4 bridgehead atoms. The Morgan fingerprint density at radius 3 is 2.45 bits per heavy atom. The number of alkyl carbamates (subject to hydrolysis) is 1. The lowest BCUT2D eigenvalue weighted by atomic mass is 9.65. The Balaban J connectivity index is 1.74. The van der Waals surface area contributed by atoms with E-state index in [0.29, 0.717) is 18.3 Å². The van der Waals surface area contributed by atoms with Gasteiger partial charge in [0.25, 0.3) is 0 Å². The standard InChI is InChI=1S/C16H26FNO2/c1-15(2,3)18-14(19)20-16-7-10-4-11(8-16)6-13(17)12(5-10)9-16/h10-13H,4-9H2,1-3H3,(H,18,19). The van der Waals surface area contributed by atoms with Crippen LogP contribution in [0.1, 0.15) is 59.3 Å². The van der Waals surface area contributed by atoms with Gasteiger partial charge in [-0.25, -0.2) is 9.18 Å². The number of carbonyl (C=O) groups excluding carboxylic acids is 1. The Hall–Kier alpha value is -0.800. The number of alkyl halides is 1. The maximum Gasteiger partial charge on any atom is 0.408 e. The minimum atomic E-state index is -0.693. The maximum atomic E-state index is 14.2. The van der Waals surface area contributed by atoms with Gasteiger partial charge in [-0.2, -0.15) is 0 Å². The van der Waals surface area contributed by atoms with Crippen molar-refractivity contribution in [2.45, 2.75) is 76.6 Å². The van der Waals surface area contributed by atoms with Crippen LogP contribution in [0, 0.1) is 17.8 Å². The van der Waals surface area contributed by atoms with Gasteiger partial charge in [0, 0.05) is 5.54 Å². The maximum absolute atomic E-state index is 14.2. The highest BCUT2D eigenvalue weighted by Crippen LogP contribution is 2.55. The summed E-state index contributed by atoms with van der Waals surface area (Å²) in [6.45, 7) is 5.83. The molecule has 1 N–H and O–H groups in total. The summed E-state index contributed by atoms with van der Waals surface area (Å²) in [5.74, 6) is 1.05. The van der Waals surface area contributed by atoms with Crippen LogP contribution in [0.15, 0.2) is 0 Å². The van der Waals surface area contributed by atoms with E-state index in [1.807, 2.05) is 20.8 Å². The molecule has 1 amide bonds. The van der Waals surface area contributed by atoms with Crippen LogP contribution in [0.3, 0.4) is 0 Å². The van der Waals surface area contributed by atoms with E-state index in [4.69, 9.17) is 4.74 Å². The van der Waals surface area contributed by atoms with Gasteiger partial charge in [-0.05, 0) is 77.0 Å². The van der Waals surface area contributed by atoms with Gasteiger partial charge < -0.3 is 10.1 Å². The quantitative estimate of drug-likeness (QED) is 0.794. The third-order valence-corrected chi connectivity index (χ3v) is 5.11. The lowest BCUT2D eigenvalue weighted by Crippen LogP contribution is -2.51. The van der Waals surface area contributed by atoms with E-state index in [9.17, 15) is 9.18 Å². The second-order valence-corrected chi connectivity index (χ2v) is 8.28. The third-order valence-electron chi connectivity index (χ3n) is 5.11. The molecule has 20 heavy (non-hydrogen) atoms. The van der Waals surface area contributed by atoms with E-state index >= 15 is 0 Å². The van der Waals surface area contributed by atoms with Gasteiger partial charge in [-0.15, -0.1) is 0 Å². The Morgan fingerprint density at radius 1 is 1.15 bits per heavy atom. The van der Waals surface area contributed by atoms with Crippen molar-refractivity contribution in [3.63, 3.8) is 0 Å². The highest BCUT2D eigenvalue weighted by atomic mass is 19.1. The van der Waals surface area contributed by atoms with Crippen LogP contribution in [-0.2, 0) is 4.74 Å². The summed E-state index contributed by atoms with van der Waals surface area (Å²) in [6, 6.07) is 0. The van der Waals surface area contributed by atoms with Crippen LogP contribution in [0.25, 0.3) is 0 Å². The van der Waals surface area contributed by atoms with Crippen LogP contribution in [0.2, 0.25) is 0 Å². The lowest BCUT2D eigenvalue weighted by molar-refractivity contribution is -0.0829. The average Bonchev–Trinajstić information content (AvgIpc) is 2.37. The van der Waals surface area contributed by atoms with E-state index in [1.165, 1.54) is 0 Å². The fraction of sp³-hybridized carbons (Fsp3) is 0.938. The number of hydrogen-bond acceptors (Lipinski definition) is 2. The second kappa shape index (κ2) is 4.60. The number of fused-ring (bicyclic) bond motifs is 1. The summed E-state index contributed by atoms with van der Waals surface area (Å²) in [5, 5.41) is 2.87. The molecule has 4 aliphatic rings. The number of carbonyl (C=O) groups is 1. The first-order valence-corrected chi connectivity index (χ1v) is 7.90. The van der Waals surface area contributed by atoms with Crippen molar-refractivity contribution >= 4 is 6.09 Å². The van der Waals surface area contributed by atoms with E-state index in [1.54, 1.807) is 0 Å². The van der Waals surface area contributed by atoms with Gasteiger partial charge in [0.2, 0.25) is 0 Å². The fourth-order valence-electron chi connectivity index (χ4n) is 4.73. The minimum absolute atomic E-state index is 0.101. The van der Waals surface area contributed by atoms with E-state index in [0.717, 1.165) is 32.1 Å². The summed E-state index contributed by atoms with van der Waals surface area (Å²) in [5.41, 5.74) is -0.690. The van der Waals surface area contributed by atoms with Crippen LogP contribution in [0.4, 0.5) is 9.18 Å². The first-order valence-electron chi connectivity index (χ1n) is 7.90. The number of nitrogens with one attached hydrogen (secondary N) is 1. The van der Waals surface area contributed by atoms with Gasteiger partial charge >= 0.3 is 6.09 Å². The number of amides is 1. The predicted molar refractivity (Wildman–Crippen MR) is 75.2 cm³/mol. The summed E-state index contributed by atoms with van der Waals surface area (Å²) in [6.07, 6.45) is 4.28. The molecule has 4 fully saturated rings. The SMILES string of the molecule is CC(C)(C)NC(=O)OC12CC3CC(CC(C1)C(F)C3)C2. The van der Waals surface area contributed by atoms with Crippen molar-refractivity contribution < 1.29 is 13.9 Å². The number of hydrogen-bond donors (Lipinski definition) is 1. The van der Waals surface area contributed by atoms with Gasteiger partial charge in [-0.1, -0.05) is 0 Å². The van der Waals surface area contributed by atoms with E-state index < -0.39 is 11.8 Å². The van der Waals surface area contributed by atoms with Crippen molar-refractivity contribution in [2.75, 3.05) is 0 Å². The van der Waals surface area contributed by atoms with Crippen molar-refractivity contribution in [1.82, 2.24) is 5.32 Å². The van der Waals surface area contributed by atoms with Gasteiger partial charge in [0.1, 0.15) is 11.8 Å². The molecular formula is C16H26FNO2. The summed E-state index contributed by atoms with van der Waals surface area (Å²) in [4.78, 5) is 12.1. The zero-order chi connectivity index (χ0) is 14.5. The molecule has 4 aliphatic carbocycles. The fourth-order valence-corrected chi connectivity index (χ4v) is 4.73. The molecular weight excluding hydrogens is 257 g/mol. The molecule has 5 unspecified atom stereocenters. The normalized spacial score (nSPS) is 43.2. The van der Waals surface area contributed by atoms with Crippen LogP contribution < -0.4 is 5.32 Å². The molecule has 0 heterocycles. The molecule has 0 aromatic heterocycles. The number of rotatable bonds is 1. The molecule has 4 saturated carbocycles. The minimum Gasteiger partial charge on any atom is -0.443 e. The van der Waals surface area contributed by atoms with Crippen molar-refractivity contribution in [3.8, 4) is 0 Å². The molecule has 0 spiro atoms. The highest BCUT2D eigenvalue weighted by Gasteiger charge is 2.53. The number of ether oxygens (including phenoxy) is 1. The summed E-state index contributed by atoms with van der Waals surface area (Å²) >= 11 is 0. The number of halogens is 1. The Bertz CT molecular complexity index is 406. The monoisotopic (exact) mass is 283 g/mol. The van der Waals surface area contributed by atoms with Gasteiger partial charge in [0.15, 0.2) is 0 Å². The molecule has 0 saturated heterocycles. The molecule has 3 nitrogen and oxygen atoms in total. The molecule has 114 valence electrons. The summed E-state index contributed by atoms with van der Waals surface area (Å²) in [7, 11) is 0. The first kappa shape index (κ1) is 14.2. The van der Waals surface area contributed by atoms with Crippen molar-refractivity contribution in [1.29, 1.82) is 0 Å². The Kier molecular flexibility index (Phi) is 3.26. The summed E-state index contributed by atoms with van der Waals surface area (Å²) < 4.78 is 20.1. The van der Waals surface area contributed by atoms with Crippen molar-refractivity contribution in [3.05, 3.63) is 0 Å². The van der Waals surface area contributed by atoms with E-state index in [-0.39, 0.29) is 17.6 Å². The first-order chi connectivity index (χ1) is 9.25. The zero-order valence-corrected chi connectivity index (χ0v) is 12.7. The topological polar surface area (TPSA) is 38.3 Å². The highest BCUT2D eigenvalue weighted by molar-refractivity contribution is 5.68. The Morgan fingerprint density at radius 2 is 1.80 bits per heavy atom. The predicted octanol–water partition coefficient (Wildman–Crippen LogP) is 3.82. The molecule has 0 aromatic carbocycles. The second-order valence-electron chi connectivity index (χ2n) is 8.28. The van der Waals surface area contributed by atoms with Crippen LogP contribution >= 0.6 is 0 Å². The molecule has 4 rings (SSSR count). The van der Waals surface area contributed by atoms with Gasteiger partial charge in [-0.3, -0.25) is 0 Å². The molecule has 0 aliphatic heterocycles. The molecule has 0 aromatic rings. The van der Waals surface area contributed by atoms with Crippen LogP contribution in [-0.4, -0.2) is 23.4 Å². The Labute approximate surface area is 120 Å². The van der Waals surface area contributed by atoms with Crippen LogP contribution in [0.5, 0.6) is 0 Å². The smallest absolute Gasteiger partial charge is 0.408 e. The lowest BCUT2D eigenvalue weighted by Gasteiger charge is -2.47. The average molecular weight is 283 g/mol. The molecule has 5 atom stereocenters. The molecule has 4 heteroatoms. The third kappa shape index (κ3) is 2.79. The largest absolute Gasteiger partial charge is 0.443 e. The zero-order valence-electron chi connectivity index (χ0n) is 12.7. The van der Waals surface area contributed by atoms with Gasteiger partial charge in [0.05, 0.1) is 0 Å².